The fraction of sp³-hybridized carbons (Fsp3) is 0.778. The standard InChI is InChI=1S/C9H16O5/c1-4-14-9(13)6(5(2)3)7(10)8(11)12/h5-7,10H,4H2,1-3H3,(H,11,12). The fourth-order valence-electron chi connectivity index (χ4n) is 1.16. The van der Waals surface area contributed by atoms with Gasteiger partial charge in [-0.2, -0.15) is 0 Å². The molecule has 2 unspecified atom stereocenters. The van der Waals surface area contributed by atoms with Gasteiger partial charge >= 0.3 is 11.9 Å². The Hall–Kier alpha value is -1.10. The van der Waals surface area contributed by atoms with Crippen LogP contribution in [0.15, 0.2) is 0 Å². The molecule has 0 aliphatic rings. The van der Waals surface area contributed by atoms with Crippen molar-refractivity contribution in [1.82, 2.24) is 0 Å². The highest BCUT2D eigenvalue weighted by atomic mass is 16.5. The molecule has 0 amide bonds. The van der Waals surface area contributed by atoms with E-state index in [0.717, 1.165) is 0 Å². The van der Waals surface area contributed by atoms with Crippen molar-refractivity contribution in [3.05, 3.63) is 0 Å². The highest BCUT2D eigenvalue weighted by Crippen LogP contribution is 2.17. The van der Waals surface area contributed by atoms with Crippen LogP contribution in [0.4, 0.5) is 0 Å². The lowest BCUT2D eigenvalue weighted by Crippen LogP contribution is -2.39. The minimum absolute atomic E-state index is 0.175. The molecule has 2 atom stereocenters. The van der Waals surface area contributed by atoms with E-state index in [9.17, 15) is 14.7 Å². The number of carboxylic acid groups (broad SMARTS) is 1. The molecule has 0 bridgehead atoms. The van der Waals surface area contributed by atoms with Gasteiger partial charge in [0.15, 0.2) is 6.10 Å². The molecule has 0 fully saturated rings. The average Bonchev–Trinajstić information content (AvgIpc) is 2.03. The predicted octanol–water partition coefficient (Wildman–Crippen LogP) is 0.267. The van der Waals surface area contributed by atoms with Gasteiger partial charge in [0, 0.05) is 0 Å². The van der Waals surface area contributed by atoms with Gasteiger partial charge in [0.1, 0.15) is 0 Å². The van der Waals surface area contributed by atoms with E-state index in [2.05, 4.69) is 4.74 Å². The van der Waals surface area contributed by atoms with E-state index < -0.39 is 24.0 Å². The third-order valence-electron chi connectivity index (χ3n) is 1.87. The molecule has 0 saturated heterocycles. The molecule has 0 radical (unpaired) electrons. The molecular weight excluding hydrogens is 188 g/mol. The number of hydrogen-bond acceptors (Lipinski definition) is 4. The van der Waals surface area contributed by atoms with Gasteiger partial charge in [0.05, 0.1) is 12.5 Å². The first-order chi connectivity index (χ1) is 6.41. The van der Waals surface area contributed by atoms with Gasteiger partial charge < -0.3 is 14.9 Å². The molecule has 0 saturated carbocycles. The maximum absolute atomic E-state index is 11.3. The molecule has 0 spiro atoms. The quantitative estimate of drug-likeness (QED) is 0.628. The van der Waals surface area contributed by atoms with E-state index in [0.29, 0.717) is 0 Å². The molecule has 5 nitrogen and oxygen atoms in total. The SMILES string of the molecule is CCOC(=O)C(C(C)C)C(O)C(=O)O. The Morgan fingerprint density at radius 3 is 2.14 bits per heavy atom. The zero-order valence-electron chi connectivity index (χ0n) is 8.56. The average molecular weight is 204 g/mol. The summed E-state index contributed by atoms with van der Waals surface area (Å²) in [5.41, 5.74) is 0. The van der Waals surface area contributed by atoms with Crippen molar-refractivity contribution in [3.8, 4) is 0 Å². The van der Waals surface area contributed by atoms with Crippen LogP contribution in [0.5, 0.6) is 0 Å². The first-order valence-electron chi connectivity index (χ1n) is 4.49. The van der Waals surface area contributed by atoms with Crippen molar-refractivity contribution in [2.75, 3.05) is 6.61 Å². The molecule has 0 aromatic heterocycles. The largest absolute Gasteiger partial charge is 0.479 e. The van der Waals surface area contributed by atoms with E-state index in [1.54, 1.807) is 20.8 Å². The maximum Gasteiger partial charge on any atom is 0.333 e. The zero-order valence-corrected chi connectivity index (χ0v) is 8.56. The number of aliphatic hydroxyl groups is 1. The molecule has 82 valence electrons. The molecule has 0 aliphatic carbocycles. The number of carboxylic acids is 1. The number of hydrogen-bond donors (Lipinski definition) is 2. The van der Waals surface area contributed by atoms with Crippen LogP contribution in [-0.2, 0) is 14.3 Å². The lowest BCUT2D eigenvalue weighted by Gasteiger charge is -2.21. The van der Waals surface area contributed by atoms with E-state index in [4.69, 9.17) is 5.11 Å². The van der Waals surface area contributed by atoms with Gasteiger partial charge in [0.25, 0.3) is 0 Å². The van der Waals surface area contributed by atoms with Crippen LogP contribution < -0.4 is 0 Å². The summed E-state index contributed by atoms with van der Waals surface area (Å²) in [6.07, 6.45) is -1.70. The van der Waals surface area contributed by atoms with Crippen molar-refractivity contribution in [3.63, 3.8) is 0 Å². The van der Waals surface area contributed by atoms with E-state index >= 15 is 0 Å². The lowest BCUT2D eigenvalue weighted by atomic mass is 9.90. The normalized spacial score (nSPS) is 14.9. The highest BCUT2D eigenvalue weighted by Gasteiger charge is 2.35. The number of esters is 1. The van der Waals surface area contributed by atoms with Crippen LogP contribution in [0.3, 0.4) is 0 Å². The number of ether oxygens (including phenoxy) is 1. The Labute approximate surface area is 82.7 Å². The van der Waals surface area contributed by atoms with Crippen LogP contribution in [0, 0.1) is 11.8 Å². The van der Waals surface area contributed by atoms with Crippen molar-refractivity contribution in [2.24, 2.45) is 11.8 Å². The maximum atomic E-state index is 11.3. The minimum Gasteiger partial charge on any atom is -0.479 e. The Balaban J connectivity index is 4.59. The third kappa shape index (κ3) is 3.33. The van der Waals surface area contributed by atoms with Gasteiger partial charge in [-0.05, 0) is 12.8 Å². The van der Waals surface area contributed by atoms with Crippen molar-refractivity contribution in [2.45, 2.75) is 26.9 Å². The van der Waals surface area contributed by atoms with Gasteiger partial charge in [-0.3, -0.25) is 4.79 Å². The molecule has 5 heteroatoms. The molecule has 2 N–H and O–H groups in total. The smallest absolute Gasteiger partial charge is 0.333 e. The first kappa shape index (κ1) is 12.9. The lowest BCUT2D eigenvalue weighted by molar-refractivity contribution is -0.165. The van der Waals surface area contributed by atoms with Gasteiger partial charge in [-0.1, -0.05) is 13.8 Å². The summed E-state index contributed by atoms with van der Waals surface area (Å²) in [4.78, 5) is 21.8. The second-order valence-electron chi connectivity index (χ2n) is 3.30. The number of rotatable bonds is 5. The van der Waals surface area contributed by atoms with E-state index in [1.807, 2.05) is 0 Å². The van der Waals surface area contributed by atoms with Crippen LogP contribution in [-0.4, -0.2) is 34.9 Å². The summed E-state index contributed by atoms with van der Waals surface area (Å²) < 4.78 is 4.67. The Morgan fingerprint density at radius 2 is 1.86 bits per heavy atom. The second kappa shape index (κ2) is 5.59. The van der Waals surface area contributed by atoms with Crippen molar-refractivity contribution < 1.29 is 24.5 Å². The molecule has 0 aliphatic heterocycles. The van der Waals surface area contributed by atoms with E-state index in [-0.39, 0.29) is 12.5 Å². The molecule has 0 heterocycles. The monoisotopic (exact) mass is 204 g/mol. The Bertz CT molecular complexity index is 211. The number of aliphatic carboxylic acids is 1. The molecule has 0 aromatic rings. The van der Waals surface area contributed by atoms with Crippen LogP contribution in [0.1, 0.15) is 20.8 Å². The number of carbonyl (C=O) groups excluding carboxylic acids is 1. The van der Waals surface area contributed by atoms with Gasteiger partial charge in [-0.15, -0.1) is 0 Å². The van der Waals surface area contributed by atoms with Gasteiger partial charge in [-0.25, -0.2) is 4.79 Å². The Morgan fingerprint density at radius 1 is 1.36 bits per heavy atom. The second-order valence-corrected chi connectivity index (χ2v) is 3.30. The summed E-state index contributed by atoms with van der Waals surface area (Å²) in [5, 5.41) is 17.8. The van der Waals surface area contributed by atoms with Gasteiger partial charge in [0.2, 0.25) is 0 Å². The topological polar surface area (TPSA) is 83.8 Å². The first-order valence-corrected chi connectivity index (χ1v) is 4.49. The summed E-state index contributed by atoms with van der Waals surface area (Å²) in [7, 11) is 0. The molecule has 14 heavy (non-hydrogen) atoms. The highest BCUT2D eigenvalue weighted by molar-refractivity contribution is 5.82. The molecule has 0 aromatic carbocycles. The predicted molar refractivity (Wildman–Crippen MR) is 48.6 cm³/mol. The molecular formula is C9H16O5. The van der Waals surface area contributed by atoms with Crippen molar-refractivity contribution in [1.29, 1.82) is 0 Å². The molecule has 0 rings (SSSR count). The van der Waals surface area contributed by atoms with Crippen molar-refractivity contribution >= 4 is 11.9 Å². The summed E-state index contributed by atoms with van der Waals surface area (Å²) in [6, 6.07) is 0. The third-order valence-corrected chi connectivity index (χ3v) is 1.87. The summed E-state index contributed by atoms with van der Waals surface area (Å²) in [6.45, 7) is 5.12. The Kier molecular flexibility index (Phi) is 5.15. The van der Waals surface area contributed by atoms with E-state index in [1.165, 1.54) is 0 Å². The summed E-state index contributed by atoms with van der Waals surface area (Å²) in [5.74, 6) is -3.36. The number of carbonyl (C=O) groups is 2. The summed E-state index contributed by atoms with van der Waals surface area (Å²) >= 11 is 0. The zero-order chi connectivity index (χ0) is 11.3. The van der Waals surface area contributed by atoms with Crippen LogP contribution in [0.2, 0.25) is 0 Å². The van der Waals surface area contributed by atoms with Crippen LogP contribution in [0.25, 0.3) is 0 Å². The number of aliphatic hydroxyl groups excluding tert-OH is 1. The fourth-order valence-corrected chi connectivity index (χ4v) is 1.16. The minimum atomic E-state index is -1.70. The van der Waals surface area contributed by atoms with Crippen LogP contribution >= 0.6 is 0 Å².